The second-order valence-electron chi connectivity index (χ2n) is 5.95. The topological polar surface area (TPSA) is 73.8 Å². The van der Waals surface area contributed by atoms with Crippen LogP contribution in [0.5, 0.6) is 0 Å². The van der Waals surface area contributed by atoms with Crippen LogP contribution in [0.25, 0.3) is 17.3 Å². The number of hydrogen-bond acceptors (Lipinski definition) is 5. The summed E-state index contributed by atoms with van der Waals surface area (Å²) in [6.07, 6.45) is 0. The molecule has 0 saturated carbocycles. The van der Waals surface area contributed by atoms with Crippen molar-refractivity contribution in [2.45, 2.75) is 5.92 Å². The first-order valence-corrected chi connectivity index (χ1v) is 8.19. The van der Waals surface area contributed by atoms with E-state index in [1.165, 1.54) is 18.2 Å². The number of halogens is 4. The van der Waals surface area contributed by atoms with Gasteiger partial charge in [0, 0.05) is 11.6 Å². The van der Waals surface area contributed by atoms with Gasteiger partial charge in [0.1, 0.15) is 17.3 Å². The zero-order valence-corrected chi connectivity index (χ0v) is 14.4. The Kier molecular flexibility index (Phi) is 4.45. The highest BCUT2D eigenvalue weighted by Gasteiger charge is 2.40. The molecule has 10 heteroatoms. The lowest BCUT2D eigenvalue weighted by atomic mass is 10.1. The molecular weight excluding hydrogens is 392 g/mol. The Morgan fingerprint density at radius 3 is 2.14 bits per heavy atom. The molecule has 0 spiro atoms. The van der Waals surface area contributed by atoms with Crippen molar-refractivity contribution in [2.24, 2.45) is 0 Å². The Balaban J connectivity index is 1.71. The fourth-order valence-electron chi connectivity index (χ4n) is 2.54. The molecule has 4 rings (SSSR count). The van der Waals surface area contributed by atoms with Gasteiger partial charge in [0.05, 0.1) is 5.69 Å². The van der Waals surface area contributed by atoms with Crippen molar-refractivity contribution >= 4 is 0 Å². The lowest BCUT2D eigenvalue weighted by Gasteiger charge is -2.11. The van der Waals surface area contributed by atoms with Crippen LogP contribution in [0.1, 0.15) is 11.4 Å². The Morgan fingerprint density at radius 1 is 0.862 bits per heavy atom. The van der Waals surface area contributed by atoms with Crippen LogP contribution in [0.2, 0.25) is 0 Å². The minimum atomic E-state index is -3.64. The smallest absolute Gasteiger partial charge is 0.332 e. The first-order chi connectivity index (χ1) is 13.8. The molecule has 0 fully saturated rings. The SMILES string of the molecule is O=c1ccc(-c2nc(C(F)(F)c3ccc(F)cc3)no2)nn1-c1ccc(F)cc1. The molecule has 0 radical (unpaired) electrons. The van der Waals surface area contributed by atoms with E-state index in [1.54, 1.807) is 0 Å². The highest BCUT2D eigenvalue weighted by Crippen LogP contribution is 2.34. The average molecular weight is 402 g/mol. The summed E-state index contributed by atoms with van der Waals surface area (Å²) in [5.74, 6) is -6.09. The Bertz CT molecular complexity index is 1220. The quantitative estimate of drug-likeness (QED) is 0.487. The molecule has 0 N–H and O–H groups in total. The molecule has 0 aliphatic heterocycles. The van der Waals surface area contributed by atoms with E-state index >= 15 is 0 Å². The van der Waals surface area contributed by atoms with Crippen LogP contribution in [0.4, 0.5) is 17.6 Å². The summed E-state index contributed by atoms with van der Waals surface area (Å²) in [5.41, 5.74) is -0.829. The molecule has 0 unspecified atom stereocenters. The van der Waals surface area contributed by atoms with Crippen LogP contribution in [0.3, 0.4) is 0 Å². The van der Waals surface area contributed by atoms with Crippen molar-refractivity contribution in [1.29, 1.82) is 0 Å². The first-order valence-electron chi connectivity index (χ1n) is 8.19. The van der Waals surface area contributed by atoms with Gasteiger partial charge >= 0.3 is 5.92 Å². The minimum absolute atomic E-state index is 0.0393. The fraction of sp³-hybridized carbons (Fsp3) is 0.0526. The van der Waals surface area contributed by atoms with Gasteiger partial charge in [-0.3, -0.25) is 4.79 Å². The van der Waals surface area contributed by atoms with Crippen LogP contribution in [0, 0.1) is 11.6 Å². The first kappa shape index (κ1) is 18.5. The van der Waals surface area contributed by atoms with E-state index in [0.717, 1.165) is 47.1 Å². The normalized spacial score (nSPS) is 11.6. The van der Waals surface area contributed by atoms with E-state index < -0.39 is 34.5 Å². The second-order valence-corrected chi connectivity index (χ2v) is 5.95. The van der Waals surface area contributed by atoms with E-state index in [0.29, 0.717) is 0 Å². The molecule has 2 heterocycles. The summed E-state index contributed by atoms with van der Waals surface area (Å²) in [5, 5.41) is 7.31. The Labute approximate surface area is 160 Å². The fourth-order valence-corrected chi connectivity index (χ4v) is 2.54. The van der Waals surface area contributed by atoms with Crippen molar-refractivity contribution in [3.8, 4) is 17.3 Å². The van der Waals surface area contributed by atoms with Gasteiger partial charge in [-0.25, -0.2) is 8.78 Å². The van der Waals surface area contributed by atoms with Gasteiger partial charge in [0.2, 0.25) is 5.82 Å². The van der Waals surface area contributed by atoms with Crippen molar-refractivity contribution in [1.82, 2.24) is 19.9 Å². The van der Waals surface area contributed by atoms with E-state index in [1.807, 2.05) is 0 Å². The molecule has 4 aromatic rings. The van der Waals surface area contributed by atoms with Crippen LogP contribution >= 0.6 is 0 Å². The maximum absolute atomic E-state index is 14.6. The predicted octanol–water partition coefficient (Wildman–Crippen LogP) is 3.70. The van der Waals surface area contributed by atoms with E-state index in [2.05, 4.69) is 15.2 Å². The van der Waals surface area contributed by atoms with Crippen molar-refractivity contribution < 1.29 is 22.1 Å². The molecule has 2 aromatic carbocycles. The maximum Gasteiger partial charge on any atom is 0.335 e. The predicted molar refractivity (Wildman–Crippen MR) is 92.5 cm³/mol. The van der Waals surface area contributed by atoms with Gasteiger partial charge in [0.25, 0.3) is 11.4 Å². The standard InChI is InChI=1S/C19H10F4N4O2/c20-12-3-1-11(2-4-12)19(22,23)18-24-17(29-26-18)15-9-10-16(28)27(25-15)14-7-5-13(21)6-8-14/h1-10H. The Morgan fingerprint density at radius 2 is 1.48 bits per heavy atom. The lowest BCUT2D eigenvalue weighted by Crippen LogP contribution is -2.20. The van der Waals surface area contributed by atoms with Gasteiger partial charge in [-0.2, -0.15) is 23.5 Å². The molecule has 6 nitrogen and oxygen atoms in total. The molecule has 0 aliphatic carbocycles. The number of aromatic nitrogens is 4. The maximum atomic E-state index is 14.6. The summed E-state index contributed by atoms with van der Waals surface area (Å²) in [6.45, 7) is 0. The molecule has 0 bridgehead atoms. The molecule has 0 aliphatic rings. The highest BCUT2D eigenvalue weighted by molar-refractivity contribution is 5.46. The van der Waals surface area contributed by atoms with Crippen molar-refractivity contribution in [2.75, 3.05) is 0 Å². The molecule has 0 saturated heterocycles. The van der Waals surface area contributed by atoms with Gasteiger partial charge in [-0.1, -0.05) is 5.16 Å². The number of hydrogen-bond donors (Lipinski definition) is 0. The third-order valence-electron chi connectivity index (χ3n) is 4.00. The summed E-state index contributed by atoms with van der Waals surface area (Å²) < 4.78 is 61.0. The number of nitrogens with zero attached hydrogens (tertiary/aromatic N) is 4. The average Bonchev–Trinajstić information content (AvgIpc) is 3.21. The molecular formula is C19H10F4N4O2. The summed E-state index contributed by atoms with van der Waals surface area (Å²) in [4.78, 5) is 15.7. The minimum Gasteiger partial charge on any atom is -0.332 e. The van der Waals surface area contributed by atoms with E-state index in [4.69, 9.17) is 4.52 Å². The van der Waals surface area contributed by atoms with Crippen LogP contribution in [-0.4, -0.2) is 19.9 Å². The highest BCUT2D eigenvalue weighted by atomic mass is 19.3. The van der Waals surface area contributed by atoms with Crippen molar-refractivity contribution in [3.05, 3.63) is 94.0 Å². The molecule has 0 amide bonds. The monoisotopic (exact) mass is 402 g/mol. The van der Waals surface area contributed by atoms with Crippen LogP contribution < -0.4 is 5.56 Å². The zero-order valence-electron chi connectivity index (χ0n) is 14.4. The largest absolute Gasteiger partial charge is 0.335 e. The van der Waals surface area contributed by atoms with Gasteiger partial charge < -0.3 is 4.52 Å². The molecule has 0 atom stereocenters. The number of benzene rings is 2. The lowest BCUT2D eigenvalue weighted by molar-refractivity contribution is 0.0304. The van der Waals surface area contributed by atoms with Gasteiger partial charge in [0.15, 0.2) is 0 Å². The molecule has 2 aromatic heterocycles. The van der Waals surface area contributed by atoms with E-state index in [-0.39, 0.29) is 17.3 Å². The molecule has 146 valence electrons. The summed E-state index contributed by atoms with van der Waals surface area (Å²) in [7, 11) is 0. The van der Waals surface area contributed by atoms with Gasteiger partial charge in [-0.15, -0.1) is 0 Å². The summed E-state index contributed by atoms with van der Waals surface area (Å²) in [6, 6.07) is 10.9. The third kappa shape index (κ3) is 3.51. The number of rotatable bonds is 4. The third-order valence-corrected chi connectivity index (χ3v) is 4.00. The van der Waals surface area contributed by atoms with Crippen molar-refractivity contribution in [3.63, 3.8) is 0 Å². The van der Waals surface area contributed by atoms with Crippen LogP contribution in [0.15, 0.2) is 70.0 Å². The zero-order chi connectivity index (χ0) is 20.6. The van der Waals surface area contributed by atoms with E-state index in [9.17, 15) is 22.4 Å². The van der Waals surface area contributed by atoms with Gasteiger partial charge in [-0.05, 0) is 54.6 Å². The summed E-state index contributed by atoms with van der Waals surface area (Å²) >= 11 is 0. The molecule has 29 heavy (non-hydrogen) atoms. The van der Waals surface area contributed by atoms with Crippen LogP contribution in [-0.2, 0) is 5.92 Å². The Hall–Kier alpha value is -3.82. The number of alkyl halides is 2. The second kappa shape index (κ2) is 6.97.